The molecule has 116 valence electrons. The SMILES string of the molecule is COC(=O)C(C)(NCC1CC1)c1ccc(CC(C)C)cc1. The van der Waals surface area contributed by atoms with E-state index in [-0.39, 0.29) is 5.97 Å². The first kappa shape index (κ1) is 16.0. The van der Waals surface area contributed by atoms with Crippen molar-refractivity contribution in [1.82, 2.24) is 5.32 Å². The van der Waals surface area contributed by atoms with Crippen LogP contribution in [0.5, 0.6) is 0 Å². The van der Waals surface area contributed by atoms with Crippen molar-refractivity contribution in [3.05, 3.63) is 35.4 Å². The van der Waals surface area contributed by atoms with Crippen LogP contribution in [0.2, 0.25) is 0 Å². The number of benzene rings is 1. The summed E-state index contributed by atoms with van der Waals surface area (Å²) < 4.78 is 5.02. The fourth-order valence-corrected chi connectivity index (χ4v) is 2.61. The van der Waals surface area contributed by atoms with Crippen molar-refractivity contribution >= 4 is 5.97 Å². The second-order valence-corrected chi connectivity index (χ2v) is 6.74. The number of hydrogen-bond acceptors (Lipinski definition) is 3. The summed E-state index contributed by atoms with van der Waals surface area (Å²) in [5, 5.41) is 3.41. The molecule has 0 bridgehead atoms. The van der Waals surface area contributed by atoms with Crippen LogP contribution in [0.1, 0.15) is 44.7 Å². The highest BCUT2D eigenvalue weighted by Crippen LogP contribution is 2.30. The number of carbonyl (C=O) groups excluding carboxylic acids is 1. The lowest BCUT2D eigenvalue weighted by Gasteiger charge is -2.29. The van der Waals surface area contributed by atoms with Gasteiger partial charge in [0.2, 0.25) is 0 Å². The van der Waals surface area contributed by atoms with E-state index in [0.29, 0.717) is 11.8 Å². The third kappa shape index (κ3) is 4.07. The van der Waals surface area contributed by atoms with Gasteiger partial charge >= 0.3 is 5.97 Å². The van der Waals surface area contributed by atoms with Gasteiger partial charge in [-0.15, -0.1) is 0 Å². The fraction of sp³-hybridized carbons (Fsp3) is 0.611. The summed E-state index contributed by atoms with van der Waals surface area (Å²) in [6.45, 7) is 7.21. The molecule has 0 radical (unpaired) electrons. The molecule has 0 heterocycles. The lowest BCUT2D eigenvalue weighted by atomic mass is 9.90. The van der Waals surface area contributed by atoms with Gasteiger partial charge < -0.3 is 4.74 Å². The summed E-state index contributed by atoms with van der Waals surface area (Å²) >= 11 is 0. The zero-order valence-corrected chi connectivity index (χ0v) is 13.6. The Bertz CT molecular complexity index is 476. The Morgan fingerprint density at radius 3 is 2.43 bits per heavy atom. The molecule has 1 unspecified atom stereocenters. The number of hydrogen-bond donors (Lipinski definition) is 1. The maximum atomic E-state index is 12.2. The normalized spacial score (nSPS) is 17.6. The molecule has 1 aromatic rings. The summed E-state index contributed by atoms with van der Waals surface area (Å²) in [5.41, 5.74) is 1.53. The molecule has 0 saturated heterocycles. The minimum atomic E-state index is -0.756. The summed E-state index contributed by atoms with van der Waals surface area (Å²) in [6, 6.07) is 8.34. The number of nitrogens with one attached hydrogen (secondary N) is 1. The molecule has 1 atom stereocenters. The molecule has 0 aromatic heterocycles. The minimum Gasteiger partial charge on any atom is -0.467 e. The third-order valence-electron chi connectivity index (χ3n) is 4.21. The highest BCUT2D eigenvalue weighted by molar-refractivity contribution is 5.82. The van der Waals surface area contributed by atoms with Crippen LogP contribution in [-0.2, 0) is 21.5 Å². The minimum absolute atomic E-state index is 0.222. The van der Waals surface area contributed by atoms with Crippen molar-refractivity contribution in [2.24, 2.45) is 11.8 Å². The van der Waals surface area contributed by atoms with Crippen molar-refractivity contribution in [3.63, 3.8) is 0 Å². The number of ether oxygens (including phenoxy) is 1. The van der Waals surface area contributed by atoms with Gasteiger partial charge in [0, 0.05) is 0 Å². The van der Waals surface area contributed by atoms with Crippen molar-refractivity contribution < 1.29 is 9.53 Å². The van der Waals surface area contributed by atoms with E-state index in [0.717, 1.165) is 18.5 Å². The monoisotopic (exact) mass is 289 g/mol. The molecule has 1 N–H and O–H groups in total. The molecular formula is C18H27NO2. The molecule has 3 nitrogen and oxygen atoms in total. The highest BCUT2D eigenvalue weighted by Gasteiger charge is 2.37. The maximum Gasteiger partial charge on any atom is 0.330 e. The van der Waals surface area contributed by atoms with Gasteiger partial charge in [0.15, 0.2) is 0 Å². The zero-order valence-electron chi connectivity index (χ0n) is 13.6. The smallest absolute Gasteiger partial charge is 0.330 e. The van der Waals surface area contributed by atoms with Crippen molar-refractivity contribution in [2.75, 3.05) is 13.7 Å². The number of rotatable bonds is 7. The van der Waals surface area contributed by atoms with Crippen molar-refractivity contribution in [1.29, 1.82) is 0 Å². The van der Waals surface area contributed by atoms with Gasteiger partial charge in [0.25, 0.3) is 0 Å². The molecule has 2 rings (SSSR count). The zero-order chi connectivity index (χ0) is 15.5. The van der Waals surface area contributed by atoms with Crippen LogP contribution in [0, 0.1) is 11.8 Å². The van der Waals surface area contributed by atoms with E-state index in [2.05, 4.69) is 43.4 Å². The average molecular weight is 289 g/mol. The first-order valence-corrected chi connectivity index (χ1v) is 7.88. The van der Waals surface area contributed by atoms with Gasteiger partial charge in [-0.05, 0) is 55.7 Å². The highest BCUT2D eigenvalue weighted by atomic mass is 16.5. The molecule has 3 heteroatoms. The second-order valence-electron chi connectivity index (χ2n) is 6.74. The van der Waals surface area contributed by atoms with E-state index in [4.69, 9.17) is 4.74 Å². The molecule has 0 aliphatic heterocycles. The summed E-state index contributed by atoms with van der Waals surface area (Å²) in [4.78, 5) is 12.2. The molecule has 0 spiro atoms. The number of carbonyl (C=O) groups is 1. The van der Waals surface area contributed by atoms with Gasteiger partial charge in [-0.25, -0.2) is 4.79 Å². The molecule has 1 aliphatic rings. The lowest BCUT2D eigenvalue weighted by Crippen LogP contribution is -2.48. The quantitative estimate of drug-likeness (QED) is 0.783. The fourth-order valence-electron chi connectivity index (χ4n) is 2.61. The topological polar surface area (TPSA) is 38.3 Å². The molecule has 1 saturated carbocycles. The van der Waals surface area contributed by atoms with E-state index >= 15 is 0 Å². The van der Waals surface area contributed by atoms with Crippen molar-refractivity contribution in [3.8, 4) is 0 Å². The van der Waals surface area contributed by atoms with Gasteiger partial charge in [-0.3, -0.25) is 5.32 Å². The van der Waals surface area contributed by atoms with Crippen LogP contribution in [0.3, 0.4) is 0 Å². The summed E-state index contributed by atoms with van der Waals surface area (Å²) in [6.07, 6.45) is 3.58. The standard InChI is InChI=1S/C18H27NO2/c1-13(2)11-14-7-9-16(10-8-14)18(3,17(20)21-4)19-12-15-5-6-15/h7-10,13,15,19H,5-6,11-12H2,1-4H3. The van der Waals surface area contributed by atoms with Gasteiger partial charge in [0.1, 0.15) is 5.54 Å². The maximum absolute atomic E-state index is 12.2. The first-order chi connectivity index (χ1) is 9.95. The molecule has 1 aromatic carbocycles. The molecule has 1 fully saturated rings. The Labute approximate surface area is 128 Å². The Kier molecular flexibility index (Phi) is 5.04. The van der Waals surface area contributed by atoms with Crippen LogP contribution in [-0.4, -0.2) is 19.6 Å². The van der Waals surface area contributed by atoms with Gasteiger partial charge in [0.05, 0.1) is 7.11 Å². The van der Waals surface area contributed by atoms with E-state index in [9.17, 15) is 4.79 Å². The van der Waals surface area contributed by atoms with E-state index in [1.165, 1.54) is 25.5 Å². The van der Waals surface area contributed by atoms with E-state index in [1.54, 1.807) is 0 Å². The Hall–Kier alpha value is -1.35. The lowest BCUT2D eigenvalue weighted by molar-refractivity contribution is -0.148. The van der Waals surface area contributed by atoms with E-state index in [1.807, 2.05) is 6.92 Å². The Morgan fingerprint density at radius 1 is 1.33 bits per heavy atom. The second kappa shape index (κ2) is 6.61. The number of methoxy groups -OCH3 is 1. The van der Waals surface area contributed by atoms with Crippen LogP contribution in [0.4, 0.5) is 0 Å². The third-order valence-corrected chi connectivity index (χ3v) is 4.21. The van der Waals surface area contributed by atoms with Gasteiger partial charge in [-0.1, -0.05) is 38.1 Å². The Balaban J connectivity index is 2.16. The Morgan fingerprint density at radius 2 is 1.95 bits per heavy atom. The molecule has 21 heavy (non-hydrogen) atoms. The van der Waals surface area contributed by atoms with Gasteiger partial charge in [-0.2, -0.15) is 0 Å². The summed E-state index contributed by atoms with van der Waals surface area (Å²) in [5.74, 6) is 1.13. The first-order valence-electron chi connectivity index (χ1n) is 7.88. The average Bonchev–Trinajstić information content (AvgIpc) is 3.28. The number of esters is 1. The van der Waals surface area contributed by atoms with E-state index < -0.39 is 5.54 Å². The predicted molar refractivity (Wildman–Crippen MR) is 85.1 cm³/mol. The van der Waals surface area contributed by atoms with Crippen molar-refractivity contribution in [2.45, 2.75) is 45.6 Å². The van der Waals surface area contributed by atoms with Crippen LogP contribution >= 0.6 is 0 Å². The summed E-state index contributed by atoms with van der Waals surface area (Å²) in [7, 11) is 1.45. The largest absolute Gasteiger partial charge is 0.467 e. The molecule has 1 aliphatic carbocycles. The predicted octanol–water partition coefficient (Wildman–Crippen LogP) is 3.27. The van der Waals surface area contributed by atoms with Crippen LogP contribution in [0.15, 0.2) is 24.3 Å². The van der Waals surface area contributed by atoms with Crippen LogP contribution < -0.4 is 5.32 Å². The van der Waals surface area contributed by atoms with Crippen LogP contribution in [0.25, 0.3) is 0 Å². The molecule has 0 amide bonds. The molecular weight excluding hydrogens is 262 g/mol.